The van der Waals surface area contributed by atoms with Gasteiger partial charge in [0.2, 0.25) is 0 Å². The van der Waals surface area contributed by atoms with Crippen molar-refractivity contribution < 1.29 is 0 Å². The number of nitrogen functional groups attached to an aromatic ring is 1. The van der Waals surface area contributed by atoms with Gasteiger partial charge in [0.25, 0.3) is 0 Å². The number of nitrogens with one attached hydrogen (secondary N) is 1. The van der Waals surface area contributed by atoms with Crippen LogP contribution in [0.3, 0.4) is 0 Å². The van der Waals surface area contributed by atoms with E-state index in [4.69, 9.17) is 5.84 Å². The third kappa shape index (κ3) is 3.30. The second kappa shape index (κ2) is 6.63. The van der Waals surface area contributed by atoms with Crippen LogP contribution in [0.4, 0.5) is 5.82 Å². The summed E-state index contributed by atoms with van der Waals surface area (Å²) in [5, 5.41) is 11.0. The van der Waals surface area contributed by atoms with E-state index < -0.39 is 0 Å². The number of hydrogen-bond donors (Lipinski definition) is 2. The first kappa shape index (κ1) is 14.6. The summed E-state index contributed by atoms with van der Waals surface area (Å²) >= 11 is 2.99. The van der Waals surface area contributed by atoms with Crippen LogP contribution < -0.4 is 11.3 Å². The van der Waals surface area contributed by atoms with Gasteiger partial charge in [0.15, 0.2) is 10.3 Å². The van der Waals surface area contributed by atoms with Crippen LogP contribution in [-0.4, -0.2) is 31.0 Å². The third-order valence-corrected chi connectivity index (χ3v) is 4.73. The third-order valence-electron chi connectivity index (χ3n) is 3.28. The number of nitrogens with two attached hydrogens (primary N) is 1. The minimum atomic E-state index is 0.604. The molecule has 0 aliphatic carbocycles. The van der Waals surface area contributed by atoms with Gasteiger partial charge >= 0.3 is 0 Å². The van der Waals surface area contributed by atoms with Crippen LogP contribution in [0.15, 0.2) is 21.4 Å². The van der Waals surface area contributed by atoms with Crippen LogP contribution >= 0.6 is 23.5 Å². The molecule has 3 N–H and O–H groups in total. The zero-order valence-corrected chi connectivity index (χ0v) is 13.4. The molecule has 0 amide bonds. The molecule has 0 saturated heterocycles. The number of thioether (sulfide) groups is 1. The fourth-order valence-corrected chi connectivity index (χ4v) is 3.56. The Kier molecular flexibility index (Phi) is 4.61. The number of aryl methyl sites for hydroxylation is 1. The molecule has 2 aromatic heterocycles. The molecule has 0 unspecified atom stereocenters. The Morgan fingerprint density at radius 1 is 1.24 bits per heavy atom. The highest BCUT2D eigenvalue weighted by Gasteiger charge is 2.16. The molecular weight excluding hydrogens is 306 g/mol. The molecular formula is C12H17N7S2. The maximum Gasteiger partial charge on any atom is 0.197 e. The van der Waals surface area contributed by atoms with Crippen LogP contribution in [0.1, 0.15) is 25.1 Å². The summed E-state index contributed by atoms with van der Waals surface area (Å²) in [6.07, 6.45) is 6.55. The zero-order valence-electron chi connectivity index (χ0n) is 11.7. The van der Waals surface area contributed by atoms with E-state index in [1.807, 2.05) is 12.3 Å². The molecule has 0 fully saturated rings. The van der Waals surface area contributed by atoms with Crippen LogP contribution in [0.5, 0.6) is 0 Å². The lowest BCUT2D eigenvalue weighted by molar-refractivity contribution is 0.590. The molecule has 9 heteroatoms. The first-order valence-electron chi connectivity index (χ1n) is 6.80. The molecule has 0 radical (unpaired) electrons. The maximum atomic E-state index is 5.46. The summed E-state index contributed by atoms with van der Waals surface area (Å²) in [7, 11) is 0. The molecule has 112 valence electrons. The summed E-state index contributed by atoms with van der Waals surface area (Å²) in [6, 6.07) is 1.82. The highest BCUT2D eigenvalue weighted by Crippen LogP contribution is 2.29. The molecule has 0 saturated carbocycles. The minimum absolute atomic E-state index is 0.604. The summed E-state index contributed by atoms with van der Waals surface area (Å²) in [6.45, 7) is 0.979. The Hall–Kier alpha value is -1.32. The van der Waals surface area contributed by atoms with Gasteiger partial charge in [0.05, 0.1) is 0 Å². The molecule has 0 spiro atoms. The number of rotatable bonds is 4. The van der Waals surface area contributed by atoms with Crippen LogP contribution in [-0.2, 0) is 13.0 Å². The average molecular weight is 323 g/mol. The largest absolute Gasteiger partial charge is 0.308 e. The summed E-state index contributed by atoms with van der Waals surface area (Å²) < 4.78 is 2.20. The van der Waals surface area contributed by atoms with Gasteiger partial charge < -0.3 is 9.99 Å². The second-order valence-corrected chi connectivity index (χ2v) is 6.45. The molecule has 3 heterocycles. The molecule has 21 heavy (non-hydrogen) atoms. The normalized spacial score (nSPS) is 14.6. The summed E-state index contributed by atoms with van der Waals surface area (Å²) in [5.74, 6) is 7.13. The van der Waals surface area contributed by atoms with E-state index >= 15 is 0 Å². The van der Waals surface area contributed by atoms with Crippen LogP contribution in [0.2, 0.25) is 0 Å². The van der Waals surface area contributed by atoms with E-state index in [1.54, 1.807) is 0 Å². The van der Waals surface area contributed by atoms with Crippen molar-refractivity contribution in [3.05, 3.63) is 11.9 Å². The first-order chi connectivity index (χ1) is 10.3. The highest BCUT2D eigenvalue weighted by molar-refractivity contribution is 7.99. The Balaban J connectivity index is 1.88. The van der Waals surface area contributed by atoms with E-state index in [0.29, 0.717) is 11.0 Å². The van der Waals surface area contributed by atoms with Crippen molar-refractivity contribution in [2.24, 2.45) is 5.84 Å². The maximum absolute atomic E-state index is 5.46. The monoisotopic (exact) mass is 323 g/mol. The van der Waals surface area contributed by atoms with Gasteiger partial charge in [-0.2, -0.15) is 0 Å². The van der Waals surface area contributed by atoms with E-state index in [1.165, 1.54) is 42.8 Å². The number of anilines is 1. The van der Waals surface area contributed by atoms with E-state index in [2.05, 4.69) is 30.2 Å². The molecule has 3 rings (SSSR count). The van der Waals surface area contributed by atoms with Crippen molar-refractivity contribution in [2.45, 2.75) is 47.6 Å². The van der Waals surface area contributed by atoms with Crippen molar-refractivity contribution in [2.75, 3.05) is 11.7 Å². The standard InChI is InChI=1S/C12H17N7S2/c1-20-11-14-8(16-13)7-10(15-11)21-12-18-17-9-5-3-2-4-6-19(9)12/h7H,2-6,13H2,1H3,(H,14,15,16). The van der Waals surface area contributed by atoms with E-state index in [-0.39, 0.29) is 0 Å². The Morgan fingerprint density at radius 2 is 2.14 bits per heavy atom. The molecule has 2 aromatic rings. The number of aromatic nitrogens is 5. The zero-order chi connectivity index (χ0) is 14.7. The SMILES string of the molecule is CSc1nc(NN)cc(Sc2nnc3n2CCCCC3)n1. The average Bonchev–Trinajstić information content (AvgIpc) is 2.74. The molecule has 0 atom stereocenters. The van der Waals surface area contributed by atoms with Gasteiger partial charge in [-0.05, 0) is 30.9 Å². The van der Waals surface area contributed by atoms with Crippen molar-refractivity contribution in [3.8, 4) is 0 Å². The van der Waals surface area contributed by atoms with E-state index in [0.717, 1.165) is 29.0 Å². The first-order valence-corrected chi connectivity index (χ1v) is 8.84. The van der Waals surface area contributed by atoms with Crippen molar-refractivity contribution in [1.82, 2.24) is 24.7 Å². The number of hydrazine groups is 1. The van der Waals surface area contributed by atoms with Gasteiger partial charge in [0, 0.05) is 19.0 Å². The van der Waals surface area contributed by atoms with Crippen molar-refractivity contribution >= 4 is 29.3 Å². The van der Waals surface area contributed by atoms with E-state index in [9.17, 15) is 0 Å². The Bertz CT molecular complexity index is 606. The number of nitrogens with zero attached hydrogens (tertiary/aromatic N) is 5. The van der Waals surface area contributed by atoms with Gasteiger partial charge in [-0.25, -0.2) is 15.8 Å². The van der Waals surface area contributed by atoms with Crippen molar-refractivity contribution in [3.63, 3.8) is 0 Å². The fourth-order valence-electron chi connectivity index (χ4n) is 2.25. The topological polar surface area (TPSA) is 94.5 Å². The van der Waals surface area contributed by atoms with Crippen molar-refractivity contribution in [1.29, 1.82) is 0 Å². The smallest absolute Gasteiger partial charge is 0.197 e. The predicted molar refractivity (Wildman–Crippen MR) is 83.3 cm³/mol. The molecule has 0 aromatic carbocycles. The highest BCUT2D eigenvalue weighted by atomic mass is 32.2. The lowest BCUT2D eigenvalue weighted by Gasteiger charge is -2.07. The fraction of sp³-hybridized carbons (Fsp3) is 0.500. The number of fused-ring (bicyclic) bond motifs is 1. The molecule has 7 nitrogen and oxygen atoms in total. The Labute approximate surface area is 131 Å². The molecule has 1 aliphatic rings. The minimum Gasteiger partial charge on any atom is -0.308 e. The van der Waals surface area contributed by atoms with Gasteiger partial charge in [0.1, 0.15) is 16.7 Å². The van der Waals surface area contributed by atoms with Gasteiger partial charge in [-0.1, -0.05) is 18.2 Å². The summed E-state index contributed by atoms with van der Waals surface area (Å²) in [5.41, 5.74) is 2.57. The quantitative estimate of drug-likeness (QED) is 0.290. The summed E-state index contributed by atoms with van der Waals surface area (Å²) in [4.78, 5) is 8.75. The van der Waals surface area contributed by atoms with Crippen LogP contribution in [0.25, 0.3) is 0 Å². The number of hydrogen-bond acceptors (Lipinski definition) is 8. The van der Waals surface area contributed by atoms with Gasteiger partial charge in [-0.15, -0.1) is 10.2 Å². The van der Waals surface area contributed by atoms with Crippen LogP contribution in [0, 0.1) is 0 Å². The molecule has 1 aliphatic heterocycles. The lowest BCUT2D eigenvalue weighted by atomic mass is 10.2. The van der Waals surface area contributed by atoms with Gasteiger partial charge in [-0.3, -0.25) is 0 Å². The Morgan fingerprint density at radius 3 is 2.95 bits per heavy atom. The lowest BCUT2D eigenvalue weighted by Crippen LogP contribution is -2.09. The second-order valence-electron chi connectivity index (χ2n) is 4.69. The molecule has 0 bridgehead atoms. The predicted octanol–water partition coefficient (Wildman–Crippen LogP) is 1.95.